The highest BCUT2D eigenvalue weighted by Gasteiger charge is 2.61. The van der Waals surface area contributed by atoms with Crippen LogP contribution in [0.25, 0.3) is 0 Å². The molecule has 1 N–H and O–H groups in total. The van der Waals surface area contributed by atoms with Gasteiger partial charge >= 0.3 is 0 Å². The maximum absolute atomic E-state index is 3.78. The summed E-state index contributed by atoms with van der Waals surface area (Å²) in [5.41, 5.74) is 3.74. The van der Waals surface area contributed by atoms with Crippen LogP contribution < -0.4 is 5.32 Å². The van der Waals surface area contributed by atoms with Gasteiger partial charge in [-0.3, -0.25) is 4.90 Å². The van der Waals surface area contributed by atoms with E-state index < -0.39 is 0 Å². The first-order valence-corrected chi connectivity index (χ1v) is 9.09. The molecule has 2 nitrogen and oxygen atoms in total. The van der Waals surface area contributed by atoms with Crippen LogP contribution in [-0.4, -0.2) is 29.6 Å². The highest BCUT2D eigenvalue weighted by Crippen LogP contribution is 2.53. The largest absolute Gasteiger partial charge is 0.306 e. The molecule has 0 amide bonds. The molecule has 2 heteroatoms. The van der Waals surface area contributed by atoms with Crippen LogP contribution in [0, 0.1) is 11.8 Å². The van der Waals surface area contributed by atoms with Crippen LogP contribution in [0.15, 0.2) is 42.0 Å². The zero-order valence-electron chi connectivity index (χ0n) is 13.3. The summed E-state index contributed by atoms with van der Waals surface area (Å²) in [6.07, 6.45) is 9.64. The molecule has 2 aliphatic heterocycles. The third-order valence-corrected chi connectivity index (χ3v) is 6.57. The van der Waals surface area contributed by atoms with Gasteiger partial charge in [-0.1, -0.05) is 42.0 Å². The summed E-state index contributed by atoms with van der Waals surface area (Å²) in [7, 11) is 0. The molecule has 4 aliphatic rings. The number of likely N-dealkylation sites (tertiary alicyclic amines) is 1. The first-order valence-electron chi connectivity index (χ1n) is 9.09. The van der Waals surface area contributed by atoms with Gasteiger partial charge in [0.15, 0.2) is 0 Å². The van der Waals surface area contributed by atoms with Gasteiger partial charge in [-0.25, -0.2) is 0 Å². The van der Waals surface area contributed by atoms with E-state index in [0.29, 0.717) is 5.54 Å². The topological polar surface area (TPSA) is 25.2 Å². The molecule has 2 aliphatic carbocycles. The number of nitrogens with one attached hydrogen (secondary N) is 1. The van der Waals surface area contributed by atoms with Crippen molar-refractivity contribution in [3.8, 4) is 0 Å². The van der Waals surface area contributed by atoms with Gasteiger partial charge in [0.05, 0.1) is 5.54 Å². The third kappa shape index (κ3) is 2.00. The van der Waals surface area contributed by atoms with E-state index in [2.05, 4.69) is 46.6 Å². The van der Waals surface area contributed by atoms with Crippen molar-refractivity contribution in [1.29, 1.82) is 0 Å². The molecule has 0 aromatic heterocycles. The van der Waals surface area contributed by atoms with E-state index in [1.54, 1.807) is 0 Å². The molecule has 4 atom stereocenters. The van der Waals surface area contributed by atoms with Crippen LogP contribution in [0.3, 0.4) is 0 Å². The molecule has 1 spiro atoms. The molecule has 0 radical (unpaired) electrons. The lowest BCUT2D eigenvalue weighted by atomic mass is 9.67. The third-order valence-electron chi connectivity index (χ3n) is 6.57. The number of allylic oxidation sites excluding steroid dienone is 1. The second kappa shape index (κ2) is 4.94. The van der Waals surface area contributed by atoms with E-state index in [1.165, 1.54) is 50.8 Å². The standard InChI is InChI=1S/C20H26N2/c1-2-6-15(7-3-1)12-22-14-20(13-21-20)19-17-9-5-4-8-16(17)10-11-18(19)22/h1-3,6-7,9,16,18-19,21H,4-5,8,10-14H2/t16-,18-,19+,20-/m0/s1. The molecule has 5 rings (SSSR count). The van der Waals surface area contributed by atoms with E-state index in [4.69, 9.17) is 0 Å². The second-order valence-electron chi connectivity index (χ2n) is 7.85. The Bertz CT molecular complexity index is 587. The van der Waals surface area contributed by atoms with Crippen molar-refractivity contribution in [2.45, 2.75) is 50.2 Å². The van der Waals surface area contributed by atoms with Gasteiger partial charge < -0.3 is 5.32 Å². The lowest BCUT2D eigenvalue weighted by Gasteiger charge is -2.41. The zero-order chi connectivity index (χ0) is 14.6. The van der Waals surface area contributed by atoms with Crippen LogP contribution in [0.4, 0.5) is 0 Å². The number of nitrogens with zero attached hydrogens (tertiary/aromatic N) is 1. The van der Waals surface area contributed by atoms with E-state index in [9.17, 15) is 0 Å². The van der Waals surface area contributed by atoms with Crippen molar-refractivity contribution in [2.75, 3.05) is 13.1 Å². The fourth-order valence-corrected chi connectivity index (χ4v) is 5.51. The number of hydrogen-bond acceptors (Lipinski definition) is 2. The summed E-state index contributed by atoms with van der Waals surface area (Å²) >= 11 is 0. The number of fused-ring (bicyclic) bond motifs is 4. The van der Waals surface area contributed by atoms with Gasteiger partial charge in [-0.15, -0.1) is 0 Å². The molecule has 22 heavy (non-hydrogen) atoms. The summed E-state index contributed by atoms with van der Waals surface area (Å²) in [6, 6.07) is 11.8. The molecule has 0 unspecified atom stereocenters. The summed E-state index contributed by atoms with van der Waals surface area (Å²) < 4.78 is 0. The van der Waals surface area contributed by atoms with Crippen molar-refractivity contribution in [3.05, 3.63) is 47.5 Å². The van der Waals surface area contributed by atoms with Gasteiger partial charge in [0.25, 0.3) is 0 Å². The Morgan fingerprint density at radius 2 is 2.00 bits per heavy atom. The lowest BCUT2D eigenvalue weighted by Crippen LogP contribution is -2.40. The maximum atomic E-state index is 3.78. The molecule has 3 fully saturated rings. The minimum atomic E-state index is 0.432. The average molecular weight is 294 g/mol. The molecular weight excluding hydrogens is 268 g/mol. The number of rotatable bonds is 2. The number of hydrogen-bond donors (Lipinski definition) is 1. The molecule has 1 saturated carbocycles. The molecule has 2 heterocycles. The minimum absolute atomic E-state index is 0.432. The number of benzene rings is 1. The fourth-order valence-electron chi connectivity index (χ4n) is 5.51. The molecule has 0 bridgehead atoms. The van der Waals surface area contributed by atoms with Gasteiger partial charge in [0, 0.05) is 31.6 Å². The monoisotopic (exact) mass is 294 g/mol. The Morgan fingerprint density at radius 1 is 1.14 bits per heavy atom. The van der Waals surface area contributed by atoms with Crippen LogP contribution in [0.1, 0.15) is 37.7 Å². The van der Waals surface area contributed by atoms with Gasteiger partial charge in [0.2, 0.25) is 0 Å². The van der Waals surface area contributed by atoms with Crippen molar-refractivity contribution in [2.24, 2.45) is 11.8 Å². The van der Waals surface area contributed by atoms with Crippen LogP contribution in [0.2, 0.25) is 0 Å². The van der Waals surface area contributed by atoms with Crippen LogP contribution in [0.5, 0.6) is 0 Å². The SMILES string of the molecule is C1=C2[C@@H](CCC1)CC[C@H]1[C@@H]2[C@]2(CN2)CN1Cc1ccccc1. The van der Waals surface area contributed by atoms with Gasteiger partial charge in [-0.05, 0) is 43.6 Å². The zero-order valence-corrected chi connectivity index (χ0v) is 13.3. The van der Waals surface area contributed by atoms with E-state index in [-0.39, 0.29) is 0 Å². The lowest BCUT2D eigenvalue weighted by molar-refractivity contribution is 0.176. The Hall–Kier alpha value is -1.12. The second-order valence-corrected chi connectivity index (χ2v) is 7.85. The molecule has 2 saturated heterocycles. The highest BCUT2D eigenvalue weighted by molar-refractivity contribution is 5.33. The molecule has 116 valence electrons. The maximum Gasteiger partial charge on any atom is 0.0517 e. The summed E-state index contributed by atoms with van der Waals surface area (Å²) in [6.45, 7) is 3.62. The predicted octanol–water partition coefficient (Wildman–Crippen LogP) is 3.35. The summed E-state index contributed by atoms with van der Waals surface area (Å²) in [5, 5.41) is 3.78. The van der Waals surface area contributed by atoms with Crippen molar-refractivity contribution in [3.63, 3.8) is 0 Å². The van der Waals surface area contributed by atoms with Gasteiger partial charge in [0.1, 0.15) is 0 Å². The Balaban J connectivity index is 1.44. The van der Waals surface area contributed by atoms with E-state index in [1.807, 2.05) is 5.57 Å². The van der Waals surface area contributed by atoms with E-state index in [0.717, 1.165) is 24.4 Å². The van der Waals surface area contributed by atoms with Crippen molar-refractivity contribution >= 4 is 0 Å². The van der Waals surface area contributed by atoms with Crippen molar-refractivity contribution < 1.29 is 0 Å². The molecule has 1 aromatic carbocycles. The van der Waals surface area contributed by atoms with E-state index >= 15 is 0 Å². The molecular formula is C20H26N2. The summed E-state index contributed by atoms with van der Waals surface area (Å²) in [4.78, 5) is 2.78. The predicted molar refractivity (Wildman–Crippen MR) is 89.5 cm³/mol. The smallest absolute Gasteiger partial charge is 0.0517 e. The van der Waals surface area contributed by atoms with Gasteiger partial charge in [-0.2, -0.15) is 0 Å². The Kier molecular flexibility index (Phi) is 2.99. The Morgan fingerprint density at radius 3 is 2.82 bits per heavy atom. The highest BCUT2D eigenvalue weighted by atomic mass is 15.3. The normalized spacial score (nSPS) is 40.2. The van der Waals surface area contributed by atoms with Crippen LogP contribution in [-0.2, 0) is 6.54 Å². The fraction of sp³-hybridized carbons (Fsp3) is 0.600. The quantitative estimate of drug-likeness (QED) is 0.668. The summed E-state index contributed by atoms with van der Waals surface area (Å²) in [5.74, 6) is 1.71. The first-order chi connectivity index (χ1) is 10.9. The molecule has 1 aromatic rings. The average Bonchev–Trinajstić information content (AvgIpc) is 3.27. The first kappa shape index (κ1) is 13.3. The van der Waals surface area contributed by atoms with Crippen molar-refractivity contribution in [1.82, 2.24) is 10.2 Å². The Labute approximate surface area is 133 Å². The van der Waals surface area contributed by atoms with Crippen LogP contribution >= 0.6 is 0 Å². The minimum Gasteiger partial charge on any atom is -0.306 e.